The summed E-state index contributed by atoms with van der Waals surface area (Å²) in [5, 5.41) is 8.52. The third kappa shape index (κ3) is 5.48. The number of hydroxylamine groups is 1. The van der Waals surface area contributed by atoms with Crippen LogP contribution in [0.1, 0.15) is 38.2 Å². The second-order valence-corrected chi connectivity index (χ2v) is 11.8. The smallest absolute Gasteiger partial charge is 0.277 e. The highest BCUT2D eigenvalue weighted by atomic mass is 32.2. The summed E-state index contributed by atoms with van der Waals surface area (Å²) in [6.07, 6.45) is 2.55. The fourth-order valence-corrected chi connectivity index (χ4v) is 4.81. The molecule has 0 spiro atoms. The fourth-order valence-electron chi connectivity index (χ4n) is 3.97. The van der Waals surface area contributed by atoms with Gasteiger partial charge in [-0.05, 0) is 56.4 Å². The summed E-state index contributed by atoms with van der Waals surface area (Å²) in [6.45, 7) is 3.70. The molecule has 0 bridgehead atoms. The molecular weight excluding hydrogens is 484 g/mol. The molecule has 2 aromatic carbocycles. The summed E-state index contributed by atoms with van der Waals surface area (Å²) in [4.78, 5) is 31.2. The van der Waals surface area contributed by atoms with Crippen LogP contribution in [0.5, 0.6) is 0 Å². The van der Waals surface area contributed by atoms with Gasteiger partial charge in [0.25, 0.3) is 11.5 Å². The van der Waals surface area contributed by atoms with Crippen LogP contribution in [0.4, 0.5) is 0 Å². The van der Waals surface area contributed by atoms with E-state index in [2.05, 4.69) is 15.8 Å². The van der Waals surface area contributed by atoms with Gasteiger partial charge in [0.1, 0.15) is 5.52 Å². The Bertz CT molecular complexity index is 1410. The molecule has 2 atom stereocenters. The van der Waals surface area contributed by atoms with Gasteiger partial charge in [-0.15, -0.1) is 5.10 Å². The topological polar surface area (TPSA) is 129 Å². The van der Waals surface area contributed by atoms with E-state index in [4.69, 9.17) is 9.57 Å². The number of carbonyl (C=O) groups excluding carboxylic acids is 1. The van der Waals surface area contributed by atoms with Crippen molar-refractivity contribution in [3.05, 3.63) is 58.4 Å². The zero-order valence-corrected chi connectivity index (χ0v) is 21.4. The third-order valence-electron chi connectivity index (χ3n) is 6.63. The number of carbonyl (C=O) groups is 1. The summed E-state index contributed by atoms with van der Waals surface area (Å²) >= 11 is 0. The van der Waals surface area contributed by atoms with E-state index in [1.54, 1.807) is 12.1 Å². The highest BCUT2D eigenvalue weighted by molar-refractivity contribution is 7.92. The molecule has 3 aromatic rings. The minimum Gasteiger partial charge on any atom is -0.350 e. The lowest BCUT2D eigenvalue weighted by Gasteiger charge is -2.28. The van der Waals surface area contributed by atoms with Crippen molar-refractivity contribution < 1.29 is 22.8 Å². The van der Waals surface area contributed by atoms with Gasteiger partial charge in [0.15, 0.2) is 20.9 Å². The summed E-state index contributed by atoms with van der Waals surface area (Å²) in [5.74, 6) is -0.830. The molecule has 2 heterocycles. The van der Waals surface area contributed by atoms with Gasteiger partial charge in [-0.1, -0.05) is 41.1 Å². The zero-order chi connectivity index (χ0) is 25.9. The van der Waals surface area contributed by atoms with Gasteiger partial charge in [-0.3, -0.25) is 9.59 Å². The molecule has 1 amide bonds. The van der Waals surface area contributed by atoms with Gasteiger partial charge < -0.3 is 4.74 Å². The quantitative estimate of drug-likeness (QED) is 0.454. The lowest BCUT2D eigenvalue weighted by Crippen LogP contribution is -2.51. The number of hydrogen-bond donors (Lipinski definition) is 1. The molecule has 1 aliphatic heterocycles. The van der Waals surface area contributed by atoms with Gasteiger partial charge >= 0.3 is 0 Å². The van der Waals surface area contributed by atoms with E-state index < -0.39 is 32.3 Å². The SMILES string of the molecule is Cc1ccc(-c2ccc3c(=O)n(CCC(C)(C(=O)NOC4CCCCO4)S(C)(=O)=O)nnc3c2)cc1. The number of ether oxygens (including phenoxy) is 1. The molecule has 36 heavy (non-hydrogen) atoms. The molecule has 1 saturated heterocycles. The molecule has 4 rings (SSSR count). The van der Waals surface area contributed by atoms with Crippen LogP contribution in [-0.4, -0.2) is 53.2 Å². The predicted octanol–water partition coefficient (Wildman–Crippen LogP) is 2.53. The number of hydrogen-bond acceptors (Lipinski definition) is 8. The molecule has 2 unspecified atom stereocenters. The van der Waals surface area contributed by atoms with Crippen molar-refractivity contribution in [2.24, 2.45) is 0 Å². The number of rotatable bonds is 8. The van der Waals surface area contributed by atoms with Crippen LogP contribution < -0.4 is 11.0 Å². The number of aromatic nitrogens is 3. The maximum atomic E-state index is 13.1. The van der Waals surface area contributed by atoms with Gasteiger partial charge in [0.05, 0.1) is 5.39 Å². The van der Waals surface area contributed by atoms with Crippen molar-refractivity contribution in [1.29, 1.82) is 0 Å². The summed E-state index contributed by atoms with van der Waals surface area (Å²) in [5.41, 5.74) is 5.28. The van der Waals surface area contributed by atoms with Crippen molar-refractivity contribution in [3.63, 3.8) is 0 Å². The van der Waals surface area contributed by atoms with Crippen LogP contribution in [0, 0.1) is 6.92 Å². The van der Waals surface area contributed by atoms with Crippen molar-refractivity contribution in [3.8, 4) is 11.1 Å². The van der Waals surface area contributed by atoms with Crippen molar-refractivity contribution in [1.82, 2.24) is 20.5 Å². The Hall–Kier alpha value is -3.15. The van der Waals surface area contributed by atoms with Crippen molar-refractivity contribution in [2.45, 2.75) is 57.1 Å². The van der Waals surface area contributed by atoms with Crippen LogP contribution in [-0.2, 0) is 30.8 Å². The maximum absolute atomic E-state index is 13.1. The third-order valence-corrected chi connectivity index (χ3v) is 8.65. The van der Waals surface area contributed by atoms with Crippen LogP contribution in [0.25, 0.3) is 22.0 Å². The Kier molecular flexibility index (Phi) is 7.53. The Balaban J connectivity index is 1.52. The molecule has 192 valence electrons. The molecule has 0 radical (unpaired) electrons. The van der Waals surface area contributed by atoms with E-state index in [0.29, 0.717) is 23.9 Å². The summed E-state index contributed by atoms with van der Waals surface area (Å²) in [6, 6.07) is 13.3. The highest BCUT2D eigenvalue weighted by Gasteiger charge is 2.44. The second kappa shape index (κ2) is 10.5. The van der Waals surface area contributed by atoms with E-state index in [0.717, 1.165) is 40.5 Å². The monoisotopic (exact) mass is 514 g/mol. The first kappa shape index (κ1) is 25.9. The van der Waals surface area contributed by atoms with Gasteiger partial charge in [-0.2, -0.15) is 0 Å². The highest BCUT2D eigenvalue weighted by Crippen LogP contribution is 2.24. The van der Waals surface area contributed by atoms with Crippen LogP contribution in [0.15, 0.2) is 47.3 Å². The number of amides is 1. The lowest BCUT2D eigenvalue weighted by atomic mass is 10.0. The number of benzene rings is 2. The molecule has 0 saturated carbocycles. The van der Waals surface area contributed by atoms with Crippen LogP contribution in [0.3, 0.4) is 0 Å². The van der Waals surface area contributed by atoms with Crippen molar-refractivity contribution >= 4 is 26.6 Å². The molecule has 1 N–H and O–H groups in total. The lowest BCUT2D eigenvalue weighted by molar-refractivity contribution is -0.201. The Morgan fingerprint density at radius 1 is 1.19 bits per heavy atom. The molecular formula is C25H30N4O6S. The van der Waals surface area contributed by atoms with E-state index >= 15 is 0 Å². The minimum atomic E-state index is -3.88. The summed E-state index contributed by atoms with van der Waals surface area (Å²) < 4.78 is 29.8. The first-order chi connectivity index (χ1) is 17.1. The van der Waals surface area contributed by atoms with Crippen LogP contribution in [0.2, 0.25) is 0 Å². The Labute approximate surface area is 209 Å². The Morgan fingerprint density at radius 2 is 1.92 bits per heavy atom. The average Bonchev–Trinajstić information content (AvgIpc) is 2.87. The molecule has 10 nitrogen and oxygen atoms in total. The van der Waals surface area contributed by atoms with Gasteiger partial charge in [0.2, 0.25) is 0 Å². The van der Waals surface area contributed by atoms with Gasteiger partial charge in [0, 0.05) is 25.8 Å². The molecule has 1 aliphatic rings. The van der Waals surface area contributed by atoms with E-state index in [1.807, 2.05) is 37.3 Å². The maximum Gasteiger partial charge on any atom is 0.277 e. The number of nitrogens with one attached hydrogen (secondary N) is 1. The van der Waals surface area contributed by atoms with Gasteiger partial charge in [-0.25, -0.2) is 23.4 Å². The number of nitrogens with zero attached hydrogens (tertiary/aromatic N) is 3. The van der Waals surface area contributed by atoms with E-state index in [1.165, 1.54) is 6.92 Å². The number of aryl methyl sites for hydroxylation is 2. The standard InChI is InChI=1S/C25H30N4O6S/c1-17-7-9-18(10-8-17)19-11-12-20-21(16-19)26-28-29(23(20)30)14-13-25(2,36(3,32)33)24(31)27-35-22-6-4-5-15-34-22/h7-12,16,22H,4-6,13-15H2,1-3H3,(H,27,31). The molecule has 11 heteroatoms. The predicted molar refractivity (Wildman–Crippen MR) is 135 cm³/mol. The number of sulfone groups is 1. The number of fused-ring (bicyclic) bond motifs is 1. The molecule has 1 aromatic heterocycles. The normalized spacial score (nSPS) is 18.0. The van der Waals surface area contributed by atoms with E-state index in [-0.39, 0.29) is 13.0 Å². The molecule has 1 fully saturated rings. The average molecular weight is 515 g/mol. The molecule has 0 aliphatic carbocycles. The first-order valence-electron chi connectivity index (χ1n) is 11.8. The van der Waals surface area contributed by atoms with Crippen molar-refractivity contribution in [2.75, 3.05) is 12.9 Å². The Morgan fingerprint density at radius 3 is 2.58 bits per heavy atom. The van der Waals surface area contributed by atoms with E-state index in [9.17, 15) is 18.0 Å². The minimum absolute atomic E-state index is 0.127. The fraction of sp³-hybridized carbons (Fsp3) is 0.440. The van der Waals surface area contributed by atoms with Crippen LogP contribution >= 0.6 is 0 Å². The first-order valence-corrected chi connectivity index (χ1v) is 13.7. The zero-order valence-electron chi connectivity index (χ0n) is 20.6. The largest absolute Gasteiger partial charge is 0.350 e. The summed E-state index contributed by atoms with van der Waals surface area (Å²) in [7, 11) is -3.88. The second-order valence-electron chi connectivity index (χ2n) is 9.31.